The first-order valence-corrected chi connectivity index (χ1v) is 3.23. The lowest BCUT2D eigenvalue weighted by molar-refractivity contribution is 0.585. The molecule has 0 aliphatic rings. The van der Waals surface area contributed by atoms with Crippen LogP contribution in [0.4, 0.5) is 4.39 Å². The SMILES string of the molecule is Cc1cnc2c(F)nccn12. The van der Waals surface area contributed by atoms with Gasteiger partial charge in [-0.1, -0.05) is 0 Å². The van der Waals surface area contributed by atoms with Crippen LogP contribution in [0.1, 0.15) is 5.69 Å². The maximum absolute atomic E-state index is 12.8. The van der Waals surface area contributed by atoms with Gasteiger partial charge in [0, 0.05) is 24.3 Å². The third kappa shape index (κ3) is 0.790. The molecule has 2 aromatic rings. The van der Waals surface area contributed by atoms with Crippen molar-refractivity contribution in [2.24, 2.45) is 0 Å². The monoisotopic (exact) mass is 151 g/mol. The van der Waals surface area contributed by atoms with Crippen molar-refractivity contribution in [1.29, 1.82) is 0 Å². The van der Waals surface area contributed by atoms with Crippen LogP contribution in [-0.2, 0) is 0 Å². The molecule has 2 heterocycles. The molecule has 0 radical (unpaired) electrons. The van der Waals surface area contributed by atoms with E-state index in [1.807, 2.05) is 6.92 Å². The second kappa shape index (κ2) is 2.02. The van der Waals surface area contributed by atoms with Crippen LogP contribution in [0.25, 0.3) is 5.65 Å². The van der Waals surface area contributed by atoms with Gasteiger partial charge in [0.15, 0.2) is 5.65 Å². The zero-order valence-electron chi connectivity index (χ0n) is 5.95. The number of rotatable bonds is 0. The predicted octanol–water partition coefficient (Wildman–Crippen LogP) is 1.18. The maximum atomic E-state index is 12.8. The Balaban J connectivity index is 2.94. The van der Waals surface area contributed by atoms with Crippen molar-refractivity contribution in [2.45, 2.75) is 6.92 Å². The largest absolute Gasteiger partial charge is 0.299 e. The molecule has 0 saturated heterocycles. The van der Waals surface area contributed by atoms with Crippen molar-refractivity contribution in [1.82, 2.24) is 14.4 Å². The number of nitrogens with zero attached hydrogens (tertiary/aromatic N) is 3. The lowest BCUT2D eigenvalue weighted by Crippen LogP contribution is -1.92. The summed E-state index contributed by atoms with van der Waals surface area (Å²) in [5.74, 6) is -0.527. The summed E-state index contributed by atoms with van der Waals surface area (Å²) in [4.78, 5) is 7.31. The Morgan fingerprint density at radius 1 is 1.45 bits per heavy atom. The van der Waals surface area contributed by atoms with Gasteiger partial charge < -0.3 is 0 Å². The van der Waals surface area contributed by atoms with E-state index in [1.54, 1.807) is 16.8 Å². The van der Waals surface area contributed by atoms with Crippen LogP contribution in [0.15, 0.2) is 18.6 Å². The fraction of sp³-hybridized carbons (Fsp3) is 0.143. The first-order chi connectivity index (χ1) is 5.29. The number of imidazole rings is 1. The van der Waals surface area contributed by atoms with Crippen LogP contribution in [0.2, 0.25) is 0 Å². The third-order valence-electron chi connectivity index (χ3n) is 1.57. The Morgan fingerprint density at radius 2 is 2.27 bits per heavy atom. The van der Waals surface area contributed by atoms with Crippen LogP contribution in [0, 0.1) is 12.9 Å². The Morgan fingerprint density at radius 3 is 3.00 bits per heavy atom. The first kappa shape index (κ1) is 6.27. The molecule has 56 valence electrons. The predicted molar refractivity (Wildman–Crippen MR) is 37.7 cm³/mol. The van der Waals surface area contributed by atoms with E-state index < -0.39 is 5.95 Å². The first-order valence-electron chi connectivity index (χ1n) is 3.23. The van der Waals surface area contributed by atoms with Crippen LogP contribution < -0.4 is 0 Å². The van der Waals surface area contributed by atoms with Gasteiger partial charge in [0.1, 0.15) is 0 Å². The zero-order valence-corrected chi connectivity index (χ0v) is 5.95. The molecule has 11 heavy (non-hydrogen) atoms. The van der Waals surface area contributed by atoms with Crippen LogP contribution in [0.5, 0.6) is 0 Å². The van der Waals surface area contributed by atoms with Crippen LogP contribution in [-0.4, -0.2) is 14.4 Å². The molecular weight excluding hydrogens is 145 g/mol. The van der Waals surface area contributed by atoms with E-state index in [0.717, 1.165) is 5.69 Å². The summed E-state index contributed by atoms with van der Waals surface area (Å²) in [5.41, 5.74) is 1.19. The third-order valence-corrected chi connectivity index (χ3v) is 1.57. The van der Waals surface area contributed by atoms with E-state index in [1.165, 1.54) is 6.20 Å². The summed E-state index contributed by atoms with van der Waals surface area (Å²) in [5, 5.41) is 0. The minimum absolute atomic E-state index is 0.282. The topological polar surface area (TPSA) is 30.2 Å². The molecule has 0 atom stereocenters. The van der Waals surface area contributed by atoms with Crippen molar-refractivity contribution in [3.8, 4) is 0 Å². The van der Waals surface area contributed by atoms with Crippen molar-refractivity contribution in [2.75, 3.05) is 0 Å². The Labute approximate surface area is 62.5 Å². The van der Waals surface area contributed by atoms with Gasteiger partial charge in [-0.15, -0.1) is 0 Å². The van der Waals surface area contributed by atoms with Gasteiger partial charge in [-0.05, 0) is 6.92 Å². The molecule has 0 unspecified atom stereocenters. The minimum Gasteiger partial charge on any atom is -0.299 e. The van der Waals surface area contributed by atoms with Gasteiger partial charge in [-0.3, -0.25) is 4.40 Å². The van der Waals surface area contributed by atoms with Crippen molar-refractivity contribution >= 4 is 5.65 Å². The van der Waals surface area contributed by atoms with Crippen LogP contribution >= 0.6 is 0 Å². The summed E-state index contributed by atoms with van der Waals surface area (Å²) in [6.45, 7) is 1.86. The second-order valence-corrected chi connectivity index (χ2v) is 2.31. The Bertz CT molecular complexity index is 393. The number of fused-ring (bicyclic) bond motifs is 1. The molecule has 0 N–H and O–H groups in total. The van der Waals surface area contributed by atoms with E-state index in [9.17, 15) is 4.39 Å². The van der Waals surface area contributed by atoms with E-state index >= 15 is 0 Å². The molecule has 0 amide bonds. The van der Waals surface area contributed by atoms with E-state index in [0.29, 0.717) is 0 Å². The van der Waals surface area contributed by atoms with E-state index in [-0.39, 0.29) is 5.65 Å². The normalized spacial score (nSPS) is 10.7. The number of hydrogen-bond donors (Lipinski definition) is 0. The summed E-state index contributed by atoms with van der Waals surface area (Å²) in [6.07, 6.45) is 4.71. The van der Waals surface area contributed by atoms with Gasteiger partial charge in [-0.25, -0.2) is 9.97 Å². The smallest absolute Gasteiger partial charge is 0.256 e. The number of halogens is 1. The van der Waals surface area contributed by atoms with E-state index in [2.05, 4.69) is 9.97 Å². The second-order valence-electron chi connectivity index (χ2n) is 2.31. The number of aryl methyl sites for hydroxylation is 1. The van der Waals surface area contributed by atoms with Gasteiger partial charge in [0.25, 0.3) is 5.95 Å². The highest BCUT2D eigenvalue weighted by molar-refractivity contribution is 5.38. The molecule has 3 nitrogen and oxygen atoms in total. The average molecular weight is 151 g/mol. The molecule has 0 aliphatic carbocycles. The van der Waals surface area contributed by atoms with E-state index in [4.69, 9.17) is 0 Å². The quantitative estimate of drug-likeness (QED) is 0.565. The Kier molecular flexibility index (Phi) is 1.15. The number of aromatic nitrogens is 3. The Hall–Kier alpha value is -1.45. The molecule has 0 fully saturated rings. The lowest BCUT2D eigenvalue weighted by Gasteiger charge is -1.93. The van der Waals surface area contributed by atoms with Crippen molar-refractivity contribution in [3.05, 3.63) is 30.2 Å². The molecule has 0 bridgehead atoms. The van der Waals surface area contributed by atoms with Gasteiger partial charge in [0.2, 0.25) is 0 Å². The molecule has 0 aliphatic heterocycles. The minimum atomic E-state index is -0.527. The van der Waals surface area contributed by atoms with Crippen LogP contribution in [0.3, 0.4) is 0 Å². The van der Waals surface area contributed by atoms with Gasteiger partial charge >= 0.3 is 0 Å². The maximum Gasteiger partial charge on any atom is 0.256 e. The molecule has 0 saturated carbocycles. The van der Waals surface area contributed by atoms with Gasteiger partial charge in [-0.2, -0.15) is 4.39 Å². The highest BCUT2D eigenvalue weighted by Crippen LogP contribution is 2.06. The summed E-state index contributed by atoms with van der Waals surface area (Å²) in [7, 11) is 0. The highest BCUT2D eigenvalue weighted by atomic mass is 19.1. The zero-order chi connectivity index (χ0) is 7.84. The molecule has 0 aromatic carbocycles. The lowest BCUT2D eigenvalue weighted by atomic mass is 10.5. The molecule has 2 aromatic heterocycles. The van der Waals surface area contributed by atoms with Gasteiger partial charge in [0.05, 0.1) is 0 Å². The summed E-state index contributed by atoms with van der Waals surface area (Å²) < 4.78 is 14.5. The molecule has 0 spiro atoms. The molecular formula is C7H6FN3. The molecule has 4 heteroatoms. The van der Waals surface area contributed by atoms with Crippen molar-refractivity contribution in [3.63, 3.8) is 0 Å². The van der Waals surface area contributed by atoms with Crippen molar-refractivity contribution < 1.29 is 4.39 Å². The average Bonchev–Trinajstić information content (AvgIpc) is 2.35. The summed E-state index contributed by atoms with van der Waals surface area (Å²) >= 11 is 0. The fourth-order valence-corrected chi connectivity index (χ4v) is 1.01. The standard InChI is InChI=1S/C7H6FN3/c1-5-4-10-7-6(8)9-2-3-11(5)7/h2-4H,1H3. The summed E-state index contributed by atoms with van der Waals surface area (Å²) in [6, 6.07) is 0. The number of hydrogen-bond acceptors (Lipinski definition) is 2. The fourth-order valence-electron chi connectivity index (χ4n) is 1.01. The molecule has 2 rings (SSSR count). The highest BCUT2D eigenvalue weighted by Gasteiger charge is 2.03.